The molecule has 102 valence electrons. The van der Waals surface area contributed by atoms with Crippen molar-refractivity contribution in [2.24, 2.45) is 0 Å². The predicted molar refractivity (Wildman–Crippen MR) is 72.6 cm³/mol. The molecular weight excluding hydrogens is 266 g/mol. The summed E-state index contributed by atoms with van der Waals surface area (Å²) < 4.78 is 7.12. The SMILES string of the molecule is Cc1cc(NC2(CCl)CCOCC2)n2ncnc2n1. The van der Waals surface area contributed by atoms with Crippen LogP contribution in [-0.2, 0) is 4.74 Å². The normalized spacial score (nSPS) is 18.6. The Labute approximate surface area is 116 Å². The van der Waals surface area contributed by atoms with Crippen LogP contribution in [0, 0.1) is 6.92 Å². The fraction of sp³-hybridized carbons (Fsp3) is 0.583. The second-order valence-electron chi connectivity index (χ2n) is 4.91. The van der Waals surface area contributed by atoms with Crippen molar-refractivity contribution in [3.05, 3.63) is 18.1 Å². The highest BCUT2D eigenvalue weighted by Gasteiger charge is 2.32. The fourth-order valence-electron chi connectivity index (χ4n) is 2.35. The fourth-order valence-corrected chi connectivity index (χ4v) is 2.68. The molecule has 0 atom stereocenters. The number of ether oxygens (including phenoxy) is 1. The van der Waals surface area contributed by atoms with Gasteiger partial charge in [-0.3, -0.25) is 0 Å². The molecule has 1 N–H and O–H groups in total. The molecule has 0 spiro atoms. The Morgan fingerprint density at radius 2 is 2.26 bits per heavy atom. The van der Waals surface area contributed by atoms with Gasteiger partial charge in [-0.1, -0.05) is 0 Å². The molecule has 1 aliphatic heterocycles. The van der Waals surface area contributed by atoms with E-state index >= 15 is 0 Å². The average Bonchev–Trinajstić information content (AvgIpc) is 2.88. The molecule has 1 aliphatic rings. The molecule has 1 fully saturated rings. The van der Waals surface area contributed by atoms with Crippen LogP contribution in [0.3, 0.4) is 0 Å². The van der Waals surface area contributed by atoms with E-state index in [0.29, 0.717) is 11.7 Å². The number of alkyl halides is 1. The zero-order valence-electron chi connectivity index (χ0n) is 10.8. The lowest BCUT2D eigenvalue weighted by Gasteiger charge is -2.37. The second-order valence-corrected chi connectivity index (χ2v) is 5.17. The van der Waals surface area contributed by atoms with Crippen LogP contribution in [0.25, 0.3) is 5.78 Å². The van der Waals surface area contributed by atoms with E-state index in [-0.39, 0.29) is 5.54 Å². The molecule has 7 heteroatoms. The maximum absolute atomic E-state index is 6.17. The minimum absolute atomic E-state index is 0.146. The third kappa shape index (κ3) is 2.37. The molecule has 0 bridgehead atoms. The number of hydrogen-bond acceptors (Lipinski definition) is 5. The molecule has 0 unspecified atom stereocenters. The number of hydrogen-bond donors (Lipinski definition) is 1. The summed E-state index contributed by atoms with van der Waals surface area (Å²) >= 11 is 6.17. The minimum Gasteiger partial charge on any atom is -0.381 e. The van der Waals surface area contributed by atoms with Gasteiger partial charge in [0.25, 0.3) is 5.78 Å². The molecule has 0 saturated carbocycles. The third-order valence-electron chi connectivity index (χ3n) is 3.48. The predicted octanol–water partition coefficient (Wildman–Crippen LogP) is 1.63. The van der Waals surface area contributed by atoms with E-state index in [9.17, 15) is 0 Å². The molecular formula is C12H16ClN5O. The maximum atomic E-state index is 6.17. The van der Waals surface area contributed by atoms with Crippen molar-refractivity contribution < 1.29 is 4.74 Å². The zero-order valence-corrected chi connectivity index (χ0v) is 11.5. The van der Waals surface area contributed by atoms with Crippen molar-refractivity contribution in [2.75, 3.05) is 24.4 Å². The molecule has 0 amide bonds. The van der Waals surface area contributed by atoms with Crippen LogP contribution in [0.15, 0.2) is 12.4 Å². The number of aromatic nitrogens is 4. The molecule has 0 aliphatic carbocycles. The molecule has 19 heavy (non-hydrogen) atoms. The second kappa shape index (κ2) is 4.94. The molecule has 1 saturated heterocycles. The van der Waals surface area contributed by atoms with Crippen molar-refractivity contribution in [2.45, 2.75) is 25.3 Å². The number of nitrogens with zero attached hydrogens (tertiary/aromatic N) is 4. The Morgan fingerprint density at radius 3 is 3.00 bits per heavy atom. The van der Waals surface area contributed by atoms with Gasteiger partial charge in [-0.2, -0.15) is 14.6 Å². The van der Waals surface area contributed by atoms with Gasteiger partial charge in [0.1, 0.15) is 12.1 Å². The van der Waals surface area contributed by atoms with Crippen LogP contribution in [-0.4, -0.2) is 44.2 Å². The maximum Gasteiger partial charge on any atom is 0.254 e. The van der Waals surface area contributed by atoms with Gasteiger partial charge in [0.05, 0.1) is 5.54 Å². The Hall–Kier alpha value is -1.40. The molecule has 2 aromatic heterocycles. The monoisotopic (exact) mass is 281 g/mol. The van der Waals surface area contributed by atoms with Gasteiger partial charge in [-0.25, -0.2) is 4.98 Å². The Morgan fingerprint density at radius 1 is 1.47 bits per heavy atom. The summed E-state index contributed by atoms with van der Waals surface area (Å²) in [7, 11) is 0. The van der Waals surface area contributed by atoms with E-state index in [4.69, 9.17) is 16.3 Å². The van der Waals surface area contributed by atoms with Crippen molar-refractivity contribution in [3.63, 3.8) is 0 Å². The van der Waals surface area contributed by atoms with E-state index in [1.165, 1.54) is 6.33 Å². The summed E-state index contributed by atoms with van der Waals surface area (Å²) in [6.07, 6.45) is 3.27. The summed E-state index contributed by atoms with van der Waals surface area (Å²) in [5.74, 6) is 2.01. The van der Waals surface area contributed by atoms with E-state index < -0.39 is 0 Å². The molecule has 2 aromatic rings. The van der Waals surface area contributed by atoms with Crippen molar-refractivity contribution in [1.82, 2.24) is 19.6 Å². The lowest BCUT2D eigenvalue weighted by Crippen LogP contribution is -2.46. The van der Waals surface area contributed by atoms with Gasteiger partial charge in [0, 0.05) is 30.9 Å². The topological polar surface area (TPSA) is 64.3 Å². The van der Waals surface area contributed by atoms with Gasteiger partial charge in [-0.15, -0.1) is 11.6 Å². The average molecular weight is 282 g/mol. The van der Waals surface area contributed by atoms with Gasteiger partial charge >= 0.3 is 0 Å². The van der Waals surface area contributed by atoms with Gasteiger partial charge in [-0.05, 0) is 19.8 Å². The van der Waals surface area contributed by atoms with Crippen molar-refractivity contribution in [3.8, 4) is 0 Å². The summed E-state index contributed by atoms with van der Waals surface area (Å²) in [5.41, 5.74) is 0.756. The lowest BCUT2D eigenvalue weighted by molar-refractivity contribution is 0.0666. The molecule has 6 nitrogen and oxygen atoms in total. The summed E-state index contributed by atoms with van der Waals surface area (Å²) in [6.45, 7) is 3.39. The molecule has 3 rings (SSSR count). The lowest BCUT2D eigenvalue weighted by atomic mass is 9.92. The van der Waals surface area contributed by atoms with E-state index in [1.54, 1.807) is 4.52 Å². The van der Waals surface area contributed by atoms with Crippen molar-refractivity contribution in [1.29, 1.82) is 0 Å². The van der Waals surface area contributed by atoms with Crippen LogP contribution in [0.1, 0.15) is 18.5 Å². The first-order valence-electron chi connectivity index (χ1n) is 6.32. The smallest absolute Gasteiger partial charge is 0.254 e. The van der Waals surface area contributed by atoms with E-state index in [2.05, 4.69) is 20.4 Å². The van der Waals surface area contributed by atoms with Crippen LogP contribution in [0.5, 0.6) is 0 Å². The molecule has 0 radical (unpaired) electrons. The van der Waals surface area contributed by atoms with Gasteiger partial charge in [0.15, 0.2) is 0 Å². The van der Waals surface area contributed by atoms with Gasteiger partial charge in [0.2, 0.25) is 0 Å². The quantitative estimate of drug-likeness (QED) is 0.867. The van der Waals surface area contributed by atoms with Crippen LogP contribution in [0.4, 0.5) is 5.82 Å². The summed E-state index contributed by atoms with van der Waals surface area (Å²) in [5, 5.41) is 7.72. The molecule has 0 aromatic carbocycles. The van der Waals surface area contributed by atoms with Crippen LogP contribution < -0.4 is 5.32 Å². The van der Waals surface area contributed by atoms with Crippen LogP contribution >= 0.6 is 11.6 Å². The number of aryl methyl sites for hydroxylation is 1. The Kier molecular flexibility index (Phi) is 3.28. The summed E-state index contributed by atoms with van der Waals surface area (Å²) in [4.78, 5) is 8.45. The van der Waals surface area contributed by atoms with E-state index in [0.717, 1.165) is 37.6 Å². The number of nitrogens with one attached hydrogen (secondary N) is 1. The van der Waals surface area contributed by atoms with Crippen molar-refractivity contribution >= 4 is 23.2 Å². The molecule has 3 heterocycles. The first-order valence-corrected chi connectivity index (χ1v) is 6.85. The first kappa shape index (κ1) is 12.6. The minimum atomic E-state index is -0.146. The number of rotatable bonds is 3. The zero-order chi connectivity index (χ0) is 13.3. The van der Waals surface area contributed by atoms with E-state index in [1.807, 2.05) is 13.0 Å². The number of halogens is 1. The number of fused-ring (bicyclic) bond motifs is 1. The number of anilines is 1. The van der Waals surface area contributed by atoms with Gasteiger partial charge < -0.3 is 10.1 Å². The first-order chi connectivity index (χ1) is 9.22. The standard InChI is InChI=1S/C12H16ClN5O/c1-9-6-10(18-11(16-9)14-8-15-18)17-12(7-13)2-4-19-5-3-12/h6,8,17H,2-5,7H2,1H3. The highest BCUT2D eigenvalue weighted by atomic mass is 35.5. The van der Waals surface area contributed by atoms with Crippen LogP contribution in [0.2, 0.25) is 0 Å². The highest BCUT2D eigenvalue weighted by Crippen LogP contribution is 2.27. The Balaban J connectivity index is 1.97. The Bertz CT molecular complexity index is 579. The largest absolute Gasteiger partial charge is 0.381 e. The highest BCUT2D eigenvalue weighted by molar-refractivity contribution is 6.18. The summed E-state index contributed by atoms with van der Waals surface area (Å²) in [6, 6.07) is 1.96. The third-order valence-corrected chi connectivity index (χ3v) is 3.99.